The maximum absolute atomic E-state index is 13.5. The number of hydrogen-bond acceptors (Lipinski definition) is 5. The summed E-state index contributed by atoms with van der Waals surface area (Å²) in [6.45, 7) is 4.09. The van der Waals surface area contributed by atoms with Crippen LogP contribution in [0.1, 0.15) is 30.8 Å². The normalized spacial score (nSPS) is 18.2. The van der Waals surface area contributed by atoms with Gasteiger partial charge in [0.2, 0.25) is 0 Å². The molecule has 0 spiro atoms. The van der Waals surface area contributed by atoms with Gasteiger partial charge in [-0.3, -0.25) is 14.2 Å². The van der Waals surface area contributed by atoms with Gasteiger partial charge in [0.25, 0.3) is 11.5 Å². The van der Waals surface area contributed by atoms with Crippen LogP contribution in [0, 0.1) is 6.92 Å². The van der Waals surface area contributed by atoms with Crippen LogP contribution in [0.15, 0.2) is 76.8 Å². The predicted octanol–water partition coefficient (Wildman–Crippen LogP) is 3.80. The van der Waals surface area contributed by atoms with E-state index in [0.717, 1.165) is 5.56 Å². The number of carbonyl (C=O) groups is 1. The molecule has 1 aliphatic heterocycles. The molecule has 2 aromatic carbocycles. The SMILES string of the molecule is Cc1ccc(-n2c(C(C)N(C)C(=O)C3=CCC4OCOC4=C3)nc3ccccc3c2=O)cc1. The van der Waals surface area contributed by atoms with Crippen molar-refractivity contribution in [1.82, 2.24) is 14.5 Å². The Kier molecular flexibility index (Phi) is 5.34. The Morgan fingerprint density at radius 1 is 1.18 bits per heavy atom. The molecule has 7 nitrogen and oxygen atoms in total. The minimum Gasteiger partial charge on any atom is -0.469 e. The van der Waals surface area contributed by atoms with Gasteiger partial charge in [0.1, 0.15) is 17.7 Å². The van der Waals surface area contributed by atoms with Crippen molar-refractivity contribution in [3.63, 3.8) is 0 Å². The molecule has 0 radical (unpaired) electrons. The molecule has 1 amide bonds. The largest absolute Gasteiger partial charge is 0.469 e. The van der Waals surface area contributed by atoms with Crippen LogP contribution in [-0.2, 0) is 14.3 Å². The molecule has 1 aromatic heterocycles. The number of aryl methyl sites for hydroxylation is 1. The zero-order valence-electron chi connectivity index (χ0n) is 18.8. The van der Waals surface area contributed by atoms with Gasteiger partial charge in [0, 0.05) is 19.0 Å². The molecule has 168 valence electrons. The van der Waals surface area contributed by atoms with E-state index in [9.17, 15) is 9.59 Å². The van der Waals surface area contributed by atoms with Gasteiger partial charge < -0.3 is 14.4 Å². The molecular formula is C26H25N3O4. The van der Waals surface area contributed by atoms with E-state index in [-0.39, 0.29) is 24.4 Å². The van der Waals surface area contributed by atoms with E-state index in [1.807, 2.05) is 62.4 Å². The second kappa shape index (κ2) is 8.33. The van der Waals surface area contributed by atoms with Crippen LogP contribution in [-0.4, -0.2) is 40.3 Å². The van der Waals surface area contributed by atoms with Crippen molar-refractivity contribution < 1.29 is 14.3 Å². The van der Waals surface area contributed by atoms with E-state index in [0.29, 0.717) is 40.2 Å². The maximum Gasteiger partial charge on any atom is 0.266 e. The Morgan fingerprint density at radius 2 is 1.94 bits per heavy atom. The van der Waals surface area contributed by atoms with Crippen molar-refractivity contribution >= 4 is 16.8 Å². The zero-order valence-corrected chi connectivity index (χ0v) is 18.8. The monoisotopic (exact) mass is 443 g/mol. The number of hydrogen-bond donors (Lipinski definition) is 0. The number of amides is 1. The van der Waals surface area contributed by atoms with Crippen LogP contribution in [0.5, 0.6) is 0 Å². The molecule has 0 bridgehead atoms. The van der Waals surface area contributed by atoms with Crippen molar-refractivity contribution in [1.29, 1.82) is 0 Å². The highest BCUT2D eigenvalue weighted by Crippen LogP contribution is 2.29. The van der Waals surface area contributed by atoms with E-state index >= 15 is 0 Å². The van der Waals surface area contributed by atoms with Crippen molar-refractivity contribution in [2.24, 2.45) is 0 Å². The van der Waals surface area contributed by atoms with E-state index in [2.05, 4.69) is 0 Å². The average molecular weight is 444 g/mol. The molecule has 5 rings (SSSR count). The Balaban J connectivity index is 1.57. The van der Waals surface area contributed by atoms with Crippen LogP contribution in [0.25, 0.3) is 16.6 Å². The number of para-hydroxylation sites is 1. The lowest BCUT2D eigenvalue weighted by atomic mass is 10.0. The molecule has 2 atom stereocenters. The Bertz CT molecular complexity index is 1350. The predicted molar refractivity (Wildman–Crippen MR) is 125 cm³/mol. The van der Waals surface area contributed by atoms with Crippen molar-refractivity contribution in [3.8, 4) is 5.69 Å². The number of rotatable bonds is 4. The van der Waals surface area contributed by atoms with E-state index in [4.69, 9.17) is 14.5 Å². The topological polar surface area (TPSA) is 73.7 Å². The van der Waals surface area contributed by atoms with Crippen LogP contribution in [0.2, 0.25) is 0 Å². The summed E-state index contributed by atoms with van der Waals surface area (Å²) in [4.78, 5) is 33.3. The summed E-state index contributed by atoms with van der Waals surface area (Å²) in [6.07, 6.45) is 4.10. The molecule has 3 aromatic rings. The van der Waals surface area contributed by atoms with Crippen molar-refractivity contribution in [3.05, 3.63) is 93.8 Å². The molecule has 2 aliphatic rings. The third kappa shape index (κ3) is 3.74. The van der Waals surface area contributed by atoms with Crippen molar-refractivity contribution in [2.75, 3.05) is 13.8 Å². The number of ether oxygens (including phenoxy) is 2. The third-order valence-electron chi connectivity index (χ3n) is 6.28. The number of nitrogens with zero attached hydrogens (tertiary/aromatic N) is 3. The first-order valence-corrected chi connectivity index (χ1v) is 11.0. The van der Waals surface area contributed by atoms with E-state index < -0.39 is 6.04 Å². The Morgan fingerprint density at radius 3 is 2.73 bits per heavy atom. The van der Waals surface area contributed by atoms with Gasteiger partial charge in [0.05, 0.1) is 22.6 Å². The fourth-order valence-corrected chi connectivity index (χ4v) is 4.20. The molecule has 1 fully saturated rings. The first-order chi connectivity index (χ1) is 15.9. The second-order valence-corrected chi connectivity index (χ2v) is 8.41. The summed E-state index contributed by atoms with van der Waals surface area (Å²) >= 11 is 0. The highest BCUT2D eigenvalue weighted by Gasteiger charge is 2.30. The standard InChI is InChI=1S/C26H25N3O4/c1-16-8-11-19(12-9-16)29-24(27-21-7-5-4-6-20(21)26(29)31)17(2)28(3)25(30)18-10-13-22-23(14-18)33-15-32-22/h4-12,14,17,22H,13,15H2,1-3H3. The quantitative estimate of drug-likeness (QED) is 0.613. The first-order valence-electron chi connectivity index (χ1n) is 11.0. The second-order valence-electron chi connectivity index (χ2n) is 8.41. The van der Waals surface area contributed by atoms with Gasteiger partial charge in [-0.05, 0) is 44.2 Å². The highest BCUT2D eigenvalue weighted by atomic mass is 16.7. The molecule has 1 aliphatic carbocycles. The summed E-state index contributed by atoms with van der Waals surface area (Å²) in [5.74, 6) is 1.02. The fourth-order valence-electron chi connectivity index (χ4n) is 4.20. The average Bonchev–Trinajstić information content (AvgIpc) is 3.31. The molecule has 2 unspecified atom stereocenters. The Hall–Kier alpha value is -3.71. The van der Waals surface area contributed by atoms with E-state index in [1.165, 1.54) is 0 Å². The Labute approximate surface area is 191 Å². The van der Waals surface area contributed by atoms with Crippen molar-refractivity contribution in [2.45, 2.75) is 32.4 Å². The smallest absolute Gasteiger partial charge is 0.266 e. The van der Waals surface area contributed by atoms with Crippen LogP contribution in [0.4, 0.5) is 0 Å². The zero-order chi connectivity index (χ0) is 23.1. The van der Waals surface area contributed by atoms with Gasteiger partial charge in [-0.2, -0.15) is 0 Å². The molecule has 33 heavy (non-hydrogen) atoms. The number of likely N-dealkylation sites (N-methyl/N-ethyl adjacent to an activating group) is 1. The van der Waals surface area contributed by atoms with E-state index in [1.54, 1.807) is 28.7 Å². The highest BCUT2D eigenvalue weighted by molar-refractivity contribution is 5.96. The summed E-state index contributed by atoms with van der Waals surface area (Å²) < 4.78 is 12.6. The number of fused-ring (bicyclic) bond motifs is 2. The summed E-state index contributed by atoms with van der Waals surface area (Å²) in [5.41, 5.74) is 2.80. The lowest BCUT2D eigenvalue weighted by molar-refractivity contribution is -0.127. The van der Waals surface area contributed by atoms with Gasteiger partial charge in [0.15, 0.2) is 6.79 Å². The molecule has 2 heterocycles. The third-order valence-corrected chi connectivity index (χ3v) is 6.28. The van der Waals surface area contributed by atoms with Crippen LogP contribution in [0.3, 0.4) is 0 Å². The van der Waals surface area contributed by atoms with Gasteiger partial charge in [-0.1, -0.05) is 35.9 Å². The lowest BCUT2D eigenvalue weighted by Crippen LogP contribution is -2.35. The molecule has 7 heteroatoms. The lowest BCUT2D eigenvalue weighted by Gasteiger charge is -2.28. The number of aromatic nitrogens is 2. The molecule has 1 saturated heterocycles. The van der Waals surface area contributed by atoms with Gasteiger partial charge >= 0.3 is 0 Å². The van der Waals surface area contributed by atoms with Gasteiger partial charge in [-0.25, -0.2) is 4.98 Å². The molecule has 0 N–H and O–H groups in total. The minimum absolute atomic E-state index is 0.113. The maximum atomic E-state index is 13.5. The van der Waals surface area contributed by atoms with Crippen LogP contribution < -0.4 is 5.56 Å². The summed E-state index contributed by atoms with van der Waals surface area (Å²) in [7, 11) is 1.73. The number of carbonyl (C=O) groups excluding carboxylic acids is 1. The minimum atomic E-state index is -0.464. The summed E-state index contributed by atoms with van der Waals surface area (Å²) in [5, 5.41) is 0.534. The molecular weight excluding hydrogens is 418 g/mol. The number of benzene rings is 2. The fraction of sp³-hybridized carbons (Fsp3) is 0.269. The van der Waals surface area contributed by atoms with Gasteiger partial charge in [-0.15, -0.1) is 0 Å². The summed E-state index contributed by atoms with van der Waals surface area (Å²) in [6, 6.07) is 14.5. The first kappa shape index (κ1) is 21.2. The van der Waals surface area contributed by atoms with Crippen LogP contribution >= 0.6 is 0 Å². The molecule has 0 saturated carbocycles.